The maximum atomic E-state index is 8.78. The van der Waals surface area contributed by atoms with Crippen molar-refractivity contribution in [3.8, 4) is 27.9 Å². The molecule has 0 amide bonds. The van der Waals surface area contributed by atoms with Gasteiger partial charge in [-0.1, -0.05) is 109 Å². The molecular weight excluding hydrogens is 462 g/mol. The summed E-state index contributed by atoms with van der Waals surface area (Å²) in [6, 6.07) is 26.3. The fraction of sp³-hybridized carbons (Fsp3) is 0. The Morgan fingerprint density at radius 3 is 1.97 bits per heavy atom. The topological polar surface area (TPSA) is 18.1 Å². The Hall–Kier alpha value is -5.08. The fourth-order valence-corrected chi connectivity index (χ4v) is 5.32. The molecule has 6 aromatic carbocycles. The monoisotopic (exact) mass is 493 g/mol. The highest BCUT2D eigenvalue weighted by atomic mass is 16.3. The summed E-state index contributed by atoms with van der Waals surface area (Å²) in [7, 11) is 0. The average molecular weight is 494 g/mol. The van der Waals surface area contributed by atoms with Crippen LogP contribution in [0.5, 0.6) is 0 Å². The standard InChI is InChI=1S/C36H23NO/c1-4-16-33-29(11-1)30-12-2-5-17-34(30)37(33)27-10-7-9-26(23-27)24-19-21-25(22-20-24)28-14-8-15-32-31-13-3-6-18-35(31)38-36(28)32/h1-23H/i1D,2D,4D,5D,11D,12D,16D,17D. The highest BCUT2D eigenvalue weighted by Crippen LogP contribution is 2.37. The first-order valence-electron chi connectivity index (χ1n) is 16.3. The lowest BCUT2D eigenvalue weighted by atomic mass is 9.98. The van der Waals surface area contributed by atoms with E-state index in [2.05, 4.69) is 12.1 Å². The molecule has 0 atom stereocenters. The Kier molecular flexibility index (Phi) is 3.16. The summed E-state index contributed by atoms with van der Waals surface area (Å²) in [6.45, 7) is 0. The molecule has 0 saturated carbocycles. The summed E-state index contributed by atoms with van der Waals surface area (Å²) < 4.78 is 75.9. The zero-order valence-electron chi connectivity index (χ0n) is 28.0. The predicted molar refractivity (Wildman–Crippen MR) is 159 cm³/mol. The number of rotatable bonds is 3. The van der Waals surface area contributed by atoms with Crippen LogP contribution >= 0.6 is 0 Å². The molecule has 8 rings (SSSR count). The van der Waals surface area contributed by atoms with Crippen molar-refractivity contribution in [2.24, 2.45) is 0 Å². The molecule has 0 aliphatic carbocycles. The number of furan rings is 1. The Labute approximate surface area is 231 Å². The van der Waals surface area contributed by atoms with Crippen molar-refractivity contribution in [1.29, 1.82) is 0 Å². The van der Waals surface area contributed by atoms with Crippen LogP contribution in [-0.2, 0) is 0 Å². The second-order valence-corrected chi connectivity index (χ2v) is 9.19. The lowest BCUT2D eigenvalue weighted by Crippen LogP contribution is -1.94. The molecule has 178 valence electrons. The Bertz CT molecular complexity index is 2490. The smallest absolute Gasteiger partial charge is 0.143 e. The first-order chi connectivity index (χ1) is 22.2. The number of nitrogens with zero attached hydrogens (tertiary/aromatic N) is 1. The van der Waals surface area contributed by atoms with Gasteiger partial charge in [0.1, 0.15) is 11.2 Å². The summed E-state index contributed by atoms with van der Waals surface area (Å²) in [5.41, 5.74) is 6.02. The predicted octanol–water partition coefficient (Wildman–Crippen LogP) is 10.0. The van der Waals surface area contributed by atoms with Gasteiger partial charge in [-0.25, -0.2) is 0 Å². The van der Waals surface area contributed by atoms with Crippen LogP contribution in [0.2, 0.25) is 0 Å². The minimum absolute atomic E-state index is 0.0579. The van der Waals surface area contributed by atoms with Crippen molar-refractivity contribution >= 4 is 43.7 Å². The van der Waals surface area contributed by atoms with Gasteiger partial charge in [0.15, 0.2) is 0 Å². The number of benzene rings is 6. The van der Waals surface area contributed by atoms with E-state index in [0.717, 1.165) is 44.2 Å². The molecule has 0 fully saturated rings. The maximum Gasteiger partial charge on any atom is 0.143 e. The van der Waals surface area contributed by atoms with Gasteiger partial charge in [0.25, 0.3) is 0 Å². The zero-order valence-corrected chi connectivity index (χ0v) is 20.0. The van der Waals surface area contributed by atoms with Crippen LogP contribution < -0.4 is 0 Å². The minimum Gasteiger partial charge on any atom is -0.455 e. The van der Waals surface area contributed by atoms with Crippen molar-refractivity contribution in [2.45, 2.75) is 0 Å². The molecule has 0 unspecified atom stereocenters. The summed E-state index contributed by atoms with van der Waals surface area (Å²) in [5.74, 6) is 0. The van der Waals surface area contributed by atoms with Crippen molar-refractivity contribution in [2.75, 3.05) is 0 Å². The average Bonchev–Trinajstić information content (AvgIpc) is 3.65. The Balaban J connectivity index is 1.31. The van der Waals surface area contributed by atoms with E-state index in [1.165, 1.54) is 4.57 Å². The van der Waals surface area contributed by atoms with E-state index in [1.54, 1.807) is 6.07 Å². The first kappa shape index (κ1) is 14.6. The Morgan fingerprint density at radius 1 is 0.526 bits per heavy atom. The number of para-hydroxylation sites is 4. The third-order valence-corrected chi connectivity index (χ3v) is 7.07. The van der Waals surface area contributed by atoms with Crippen LogP contribution in [0.1, 0.15) is 11.0 Å². The lowest BCUT2D eigenvalue weighted by molar-refractivity contribution is 0.670. The molecule has 0 bridgehead atoms. The first-order valence-corrected chi connectivity index (χ1v) is 12.3. The lowest BCUT2D eigenvalue weighted by Gasteiger charge is -2.11. The van der Waals surface area contributed by atoms with E-state index in [0.29, 0.717) is 5.69 Å². The molecule has 8 aromatic rings. The molecular formula is C36H23NO. The molecule has 2 heteroatoms. The SMILES string of the molecule is [2H]c1c([2H])c([2H])c2c(c1[2H])c1c([2H])c([2H])c([2H])c([2H])c1n2-c1cccc(-c2ccc(-c3cccc4c3oc3ccccc34)cc2)c1. The second kappa shape index (κ2) is 8.22. The van der Waals surface area contributed by atoms with Gasteiger partial charge in [-0.15, -0.1) is 0 Å². The van der Waals surface area contributed by atoms with Crippen LogP contribution in [0, 0.1) is 0 Å². The molecule has 2 aromatic heterocycles. The van der Waals surface area contributed by atoms with Crippen LogP contribution in [0.4, 0.5) is 0 Å². The van der Waals surface area contributed by atoms with Gasteiger partial charge in [0, 0.05) is 32.8 Å². The van der Waals surface area contributed by atoms with Crippen LogP contribution in [0.25, 0.3) is 71.7 Å². The molecule has 0 aliphatic heterocycles. The normalized spacial score (nSPS) is 14.6. The van der Waals surface area contributed by atoms with E-state index in [9.17, 15) is 0 Å². The van der Waals surface area contributed by atoms with Crippen molar-refractivity contribution in [3.05, 3.63) is 139 Å². The zero-order chi connectivity index (χ0) is 32.0. The second-order valence-electron chi connectivity index (χ2n) is 9.19. The van der Waals surface area contributed by atoms with Gasteiger partial charge in [-0.05, 0) is 47.0 Å². The summed E-state index contributed by atoms with van der Waals surface area (Å²) in [6.07, 6.45) is 0. The van der Waals surface area contributed by atoms with Gasteiger partial charge in [-0.2, -0.15) is 0 Å². The van der Waals surface area contributed by atoms with Crippen LogP contribution in [0.3, 0.4) is 0 Å². The van der Waals surface area contributed by atoms with E-state index in [1.807, 2.05) is 72.8 Å². The number of hydrogen-bond donors (Lipinski definition) is 0. The number of aromatic nitrogens is 1. The van der Waals surface area contributed by atoms with Gasteiger partial charge in [0.05, 0.1) is 22.0 Å². The van der Waals surface area contributed by atoms with Crippen molar-refractivity contribution in [1.82, 2.24) is 4.57 Å². The van der Waals surface area contributed by atoms with Gasteiger partial charge >= 0.3 is 0 Å². The molecule has 2 heterocycles. The van der Waals surface area contributed by atoms with E-state index in [-0.39, 0.29) is 46.0 Å². The van der Waals surface area contributed by atoms with Gasteiger partial charge in [0.2, 0.25) is 0 Å². The molecule has 0 radical (unpaired) electrons. The highest BCUT2D eigenvalue weighted by molar-refractivity contribution is 6.10. The van der Waals surface area contributed by atoms with E-state index in [4.69, 9.17) is 15.4 Å². The number of fused-ring (bicyclic) bond motifs is 6. The summed E-state index contributed by atoms with van der Waals surface area (Å²) in [4.78, 5) is 0. The van der Waals surface area contributed by atoms with Gasteiger partial charge < -0.3 is 8.98 Å². The summed E-state index contributed by atoms with van der Waals surface area (Å²) >= 11 is 0. The van der Waals surface area contributed by atoms with Gasteiger partial charge in [-0.3, -0.25) is 0 Å². The molecule has 0 saturated heterocycles. The Morgan fingerprint density at radius 2 is 1.18 bits per heavy atom. The molecule has 0 spiro atoms. The van der Waals surface area contributed by atoms with Crippen LogP contribution in [-0.4, -0.2) is 4.57 Å². The van der Waals surface area contributed by atoms with Crippen molar-refractivity contribution in [3.63, 3.8) is 0 Å². The molecule has 38 heavy (non-hydrogen) atoms. The quantitative estimate of drug-likeness (QED) is 0.239. The fourth-order valence-electron chi connectivity index (χ4n) is 5.32. The minimum atomic E-state index is -0.462. The molecule has 0 aliphatic rings. The highest BCUT2D eigenvalue weighted by Gasteiger charge is 2.13. The largest absolute Gasteiger partial charge is 0.455 e. The summed E-state index contributed by atoms with van der Waals surface area (Å²) in [5, 5.41) is 2.23. The molecule has 2 nitrogen and oxygen atoms in total. The number of hydrogen-bond acceptors (Lipinski definition) is 1. The van der Waals surface area contributed by atoms with E-state index >= 15 is 0 Å². The van der Waals surface area contributed by atoms with Crippen molar-refractivity contribution < 1.29 is 15.4 Å². The maximum absolute atomic E-state index is 8.78. The van der Waals surface area contributed by atoms with Crippen LogP contribution in [0.15, 0.2) is 144 Å². The third kappa shape index (κ3) is 3.14. The molecule has 0 N–H and O–H groups in total. The van der Waals surface area contributed by atoms with E-state index < -0.39 is 24.2 Å². The third-order valence-electron chi connectivity index (χ3n) is 7.07.